The zero-order chi connectivity index (χ0) is 11.3. The van der Waals surface area contributed by atoms with Gasteiger partial charge in [-0.3, -0.25) is 4.79 Å². The van der Waals surface area contributed by atoms with E-state index in [1.165, 1.54) is 0 Å². The number of hydrogen-bond donors (Lipinski definition) is 0. The lowest BCUT2D eigenvalue weighted by molar-refractivity contribution is 0.112. The summed E-state index contributed by atoms with van der Waals surface area (Å²) in [5.41, 5.74) is 0.406. The van der Waals surface area contributed by atoms with Crippen molar-refractivity contribution in [1.82, 2.24) is 9.97 Å². The van der Waals surface area contributed by atoms with Gasteiger partial charge in [0.1, 0.15) is 16.0 Å². The minimum absolute atomic E-state index is 0.247. The van der Waals surface area contributed by atoms with E-state index in [1.807, 2.05) is 0 Å². The summed E-state index contributed by atoms with van der Waals surface area (Å²) in [4.78, 5) is 19.0. The molecule has 0 aliphatic carbocycles. The lowest BCUT2D eigenvalue weighted by atomic mass is 10.4. The van der Waals surface area contributed by atoms with Gasteiger partial charge in [-0.2, -0.15) is 0 Å². The second-order valence-electron chi connectivity index (χ2n) is 3.10. The molecule has 0 fully saturated rings. The SMILES string of the molecule is CCCCSc1nc(C)nc(Cl)c1C=O. The van der Waals surface area contributed by atoms with Crippen molar-refractivity contribution in [3.63, 3.8) is 0 Å². The molecule has 0 aliphatic heterocycles. The molecule has 0 unspecified atom stereocenters. The zero-order valence-corrected chi connectivity index (χ0v) is 10.4. The number of aldehydes is 1. The lowest BCUT2D eigenvalue weighted by Crippen LogP contribution is -1.98. The number of thioether (sulfide) groups is 1. The van der Waals surface area contributed by atoms with Gasteiger partial charge in [0, 0.05) is 0 Å². The molecule has 1 aromatic heterocycles. The van der Waals surface area contributed by atoms with E-state index in [9.17, 15) is 4.79 Å². The summed E-state index contributed by atoms with van der Waals surface area (Å²) in [7, 11) is 0. The molecule has 3 nitrogen and oxygen atoms in total. The molecule has 0 amide bonds. The first-order chi connectivity index (χ1) is 7.19. The van der Waals surface area contributed by atoms with E-state index < -0.39 is 0 Å². The maximum absolute atomic E-state index is 10.8. The summed E-state index contributed by atoms with van der Waals surface area (Å²) in [5, 5.41) is 0.937. The van der Waals surface area contributed by atoms with Crippen molar-refractivity contribution in [1.29, 1.82) is 0 Å². The highest BCUT2D eigenvalue weighted by Gasteiger charge is 2.10. The van der Waals surface area contributed by atoms with E-state index in [4.69, 9.17) is 11.6 Å². The first-order valence-electron chi connectivity index (χ1n) is 4.81. The fraction of sp³-hybridized carbons (Fsp3) is 0.500. The Bertz CT molecular complexity index is 358. The predicted molar refractivity (Wildman–Crippen MR) is 62.8 cm³/mol. The van der Waals surface area contributed by atoms with Gasteiger partial charge in [0.2, 0.25) is 0 Å². The summed E-state index contributed by atoms with van der Waals surface area (Å²) < 4.78 is 0. The molecule has 0 saturated heterocycles. The Morgan fingerprint density at radius 2 is 2.20 bits per heavy atom. The number of rotatable bonds is 5. The van der Waals surface area contributed by atoms with Gasteiger partial charge >= 0.3 is 0 Å². The van der Waals surface area contributed by atoms with Gasteiger partial charge in [-0.25, -0.2) is 9.97 Å². The summed E-state index contributed by atoms with van der Waals surface area (Å²) >= 11 is 7.41. The van der Waals surface area contributed by atoms with E-state index in [2.05, 4.69) is 16.9 Å². The van der Waals surface area contributed by atoms with Crippen LogP contribution >= 0.6 is 23.4 Å². The van der Waals surface area contributed by atoms with E-state index in [1.54, 1.807) is 18.7 Å². The Labute approximate surface area is 98.6 Å². The molecule has 1 heterocycles. The second-order valence-corrected chi connectivity index (χ2v) is 4.54. The molecular formula is C10H13ClN2OS. The average Bonchev–Trinajstić information content (AvgIpc) is 2.17. The largest absolute Gasteiger partial charge is 0.298 e. The van der Waals surface area contributed by atoms with Gasteiger partial charge in [0.15, 0.2) is 6.29 Å². The number of aryl methyl sites for hydroxylation is 1. The van der Waals surface area contributed by atoms with Crippen LogP contribution in [0, 0.1) is 6.92 Å². The van der Waals surface area contributed by atoms with Crippen LogP contribution in [-0.4, -0.2) is 22.0 Å². The Morgan fingerprint density at radius 1 is 1.47 bits per heavy atom. The molecule has 0 atom stereocenters. The van der Waals surface area contributed by atoms with Gasteiger partial charge in [-0.05, 0) is 19.1 Å². The number of hydrogen-bond acceptors (Lipinski definition) is 4. The van der Waals surface area contributed by atoms with E-state index in [0.717, 1.165) is 24.9 Å². The molecule has 82 valence electrons. The van der Waals surface area contributed by atoms with Crippen LogP contribution in [0.1, 0.15) is 35.9 Å². The highest BCUT2D eigenvalue weighted by atomic mass is 35.5. The first kappa shape index (κ1) is 12.5. The van der Waals surface area contributed by atoms with Crippen LogP contribution in [0.2, 0.25) is 5.15 Å². The fourth-order valence-electron chi connectivity index (χ4n) is 1.04. The van der Waals surface area contributed by atoms with Gasteiger partial charge in [-0.1, -0.05) is 24.9 Å². The van der Waals surface area contributed by atoms with Crippen molar-refractivity contribution >= 4 is 29.6 Å². The lowest BCUT2D eigenvalue weighted by Gasteiger charge is -2.05. The molecule has 1 rings (SSSR count). The summed E-state index contributed by atoms with van der Waals surface area (Å²) in [5.74, 6) is 1.55. The average molecular weight is 245 g/mol. The van der Waals surface area contributed by atoms with Crippen LogP contribution in [0.15, 0.2) is 5.03 Å². The molecule has 0 bridgehead atoms. The standard InChI is InChI=1S/C10H13ClN2OS/c1-3-4-5-15-10-8(6-14)9(11)12-7(2)13-10/h6H,3-5H2,1-2H3. The summed E-state index contributed by atoms with van der Waals surface area (Å²) in [6.07, 6.45) is 2.95. The molecule has 0 N–H and O–H groups in total. The maximum Gasteiger partial charge on any atom is 0.155 e. The summed E-state index contributed by atoms with van der Waals surface area (Å²) in [6.45, 7) is 3.89. The molecule has 5 heteroatoms. The first-order valence-corrected chi connectivity index (χ1v) is 6.17. The number of nitrogens with zero attached hydrogens (tertiary/aromatic N) is 2. The van der Waals surface area contributed by atoms with Crippen LogP contribution in [0.5, 0.6) is 0 Å². The number of unbranched alkanes of at least 4 members (excludes halogenated alkanes) is 1. The molecular weight excluding hydrogens is 232 g/mol. The summed E-state index contributed by atoms with van der Waals surface area (Å²) in [6, 6.07) is 0. The third-order valence-corrected chi connectivity index (χ3v) is 3.20. The van der Waals surface area contributed by atoms with Crippen molar-refractivity contribution in [3.8, 4) is 0 Å². The Kier molecular flexibility index (Phi) is 5.05. The van der Waals surface area contributed by atoms with Gasteiger partial charge in [0.05, 0.1) is 5.56 Å². The highest BCUT2D eigenvalue weighted by molar-refractivity contribution is 7.99. The van der Waals surface area contributed by atoms with Crippen LogP contribution < -0.4 is 0 Å². The van der Waals surface area contributed by atoms with Crippen molar-refractivity contribution in [3.05, 3.63) is 16.5 Å². The van der Waals surface area contributed by atoms with Crippen LogP contribution in [-0.2, 0) is 0 Å². The Morgan fingerprint density at radius 3 is 2.80 bits per heavy atom. The number of halogens is 1. The highest BCUT2D eigenvalue weighted by Crippen LogP contribution is 2.24. The Hall–Kier alpha value is -0.610. The van der Waals surface area contributed by atoms with Gasteiger partial charge < -0.3 is 0 Å². The van der Waals surface area contributed by atoms with Crippen molar-refractivity contribution < 1.29 is 4.79 Å². The fourth-order valence-corrected chi connectivity index (χ4v) is 2.48. The molecule has 0 aromatic carbocycles. The normalized spacial score (nSPS) is 10.3. The quantitative estimate of drug-likeness (QED) is 0.345. The van der Waals surface area contributed by atoms with E-state index in [-0.39, 0.29) is 5.15 Å². The minimum atomic E-state index is 0.247. The topological polar surface area (TPSA) is 42.9 Å². The predicted octanol–water partition coefficient (Wildman–Crippen LogP) is 3.14. The van der Waals surface area contributed by atoms with E-state index in [0.29, 0.717) is 16.4 Å². The van der Waals surface area contributed by atoms with Crippen LogP contribution in [0.25, 0.3) is 0 Å². The van der Waals surface area contributed by atoms with Crippen LogP contribution in [0.3, 0.4) is 0 Å². The monoisotopic (exact) mass is 244 g/mol. The molecule has 15 heavy (non-hydrogen) atoms. The zero-order valence-electron chi connectivity index (χ0n) is 8.79. The number of carbonyl (C=O) groups is 1. The van der Waals surface area contributed by atoms with Gasteiger partial charge in [-0.15, -0.1) is 11.8 Å². The molecule has 0 saturated carbocycles. The van der Waals surface area contributed by atoms with Crippen molar-refractivity contribution in [2.24, 2.45) is 0 Å². The van der Waals surface area contributed by atoms with Crippen molar-refractivity contribution in [2.45, 2.75) is 31.7 Å². The minimum Gasteiger partial charge on any atom is -0.298 e. The third kappa shape index (κ3) is 3.47. The Balaban J connectivity index is 2.88. The van der Waals surface area contributed by atoms with Crippen LogP contribution in [0.4, 0.5) is 0 Å². The smallest absolute Gasteiger partial charge is 0.155 e. The molecule has 0 spiro atoms. The maximum atomic E-state index is 10.8. The van der Waals surface area contributed by atoms with Gasteiger partial charge in [0.25, 0.3) is 0 Å². The van der Waals surface area contributed by atoms with Crippen molar-refractivity contribution in [2.75, 3.05) is 5.75 Å². The molecule has 0 aliphatic rings. The molecule has 1 aromatic rings. The number of carbonyl (C=O) groups excluding carboxylic acids is 1. The van der Waals surface area contributed by atoms with E-state index >= 15 is 0 Å². The number of aromatic nitrogens is 2. The third-order valence-electron chi connectivity index (χ3n) is 1.83. The molecule has 0 radical (unpaired) electrons. The second kappa shape index (κ2) is 6.08.